The number of nitrogens with zero attached hydrogens (tertiary/aromatic N) is 3. The molecule has 1 amide bonds. The van der Waals surface area contributed by atoms with E-state index in [9.17, 15) is 27.2 Å². The first kappa shape index (κ1) is 21.7. The van der Waals surface area contributed by atoms with Gasteiger partial charge in [-0.05, 0) is 45.4 Å². The second-order valence-electron chi connectivity index (χ2n) is 7.71. The Labute approximate surface area is 169 Å². The van der Waals surface area contributed by atoms with Gasteiger partial charge in [-0.25, -0.2) is 22.4 Å². The third-order valence-corrected chi connectivity index (χ3v) is 4.26. The molecule has 7 nitrogen and oxygen atoms in total. The number of hydrogen-bond donors (Lipinski definition) is 0. The van der Waals surface area contributed by atoms with Gasteiger partial charge in [0.15, 0.2) is 0 Å². The van der Waals surface area contributed by atoms with Gasteiger partial charge in [0, 0.05) is 12.1 Å². The lowest BCUT2D eigenvalue weighted by Gasteiger charge is -2.27. The van der Waals surface area contributed by atoms with Gasteiger partial charge in [-0.1, -0.05) is 5.16 Å². The molecule has 0 bridgehead atoms. The van der Waals surface area contributed by atoms with E-state index >= 15 is 0 Å². The summed E-state index contributed by atoms with van der Waals surface area (Å²) in [6.45, 7) is 5.07. The lowest BCUT2D eigenvalue weighted by atomic mass is 10.1. The number of carbonyl (C=O) groups is 2. The summed E-state index contributed by atoms with van der Waals surface area (Å²) < 4.78 is 62.6. The second kappa shape index (κ2) is 8.04. The largest absolute Gasteiger partial charge is 0.458 e. The molecule has 2 atom stereocenters. The van der Waals surface area contributed by atoms with Crippen molar-refractivity contribution in [3.8, 4) is 11.4 Å². The third kappa shape index (κ3) is 4.44. The van der Waals surface area contributed by atoms with Crippen molar-refractivity contribution in [2.24, 2.45) is 0 Å². The van der Waals surface area contributed by atoms with Crippen LogP contribution in [-0.4, -0.2) is 40.1 Å². The minimum atomic E-state index is -3.36. The molecule has 3 rings (SSSR count). The van der Waals surface area contributed by atoms with Crippen LogP contribution in [0, 0.1) is 5.82 Å². The molecule has 1 unspecified atom stereocenters. The molecule has 1 fully saturated rings. The summed E-state index contributed by atoms with van der Waals surface area (Å²) in [6, 6.07) is 2.60. The molecular formula is C19H19F4N3O4. The van der Waals surface area contributed by atoms with Crippen LogP contribution >= 0.6 is 0 Å². The van der Waals surface area contributed by atoms with Crippen LogP contribution in [0.15, 0.2) is 22.7 Å². The summed E-state index contributed by atoms with van der Waals surface area (Å²) in [5, 5.41) is 3.32. The van der Waals surface area contributed by atoms with Crippen molar-refractivity contribution in [2.45, 2.75) is 57.9 Å². The maximum Gasteiger partial charge on any atom is 0.329 e. The van der Waals surface area contributed by atoms with E-state index in [-0.39, 0.29) is 30.0 Å². The number of ether oxygens (including phenoxy) is 1. The minimum absolute atomic E-state index is 0.0903. The van der Waals surface area contributed by atoms with Gasteiger partial charge in [-0.3, -0.25) is 9.69 Å². The maximum atomic E-state index is 14.7. The van der Waals surface area contributed by atoms with E-state index < -0.39 is 47.7 Å². The lowest BCUT2D eigenvalue weighted by Crippen LogP contribution is -2.42. The van der Waals surface area contributed by atoms with Crippen LogP contribution in [-0.2, 0) is 14.3 Å². The standard InChI is InChI=1S/C19H19F4N3O4/c1-19(2,3)29-18(28)12-6-7-13(27)26(12)9-4-5-10(11(20)8-9)16-24-17(30-25-16)14(21)15(22)23/h4-5,8,12,14-15H,6-7H2,1-3H3/t12-,14?/m0/s1. The van der Waals surface area contributed by atoms with Crippen molar-refractivity contribution < 1.29 is 36.4 Å². The topological polar surface area (TPSA) is 85.5 Å². The molecule has 1 aromatic carbocycles. The maximum absolute atomic E-state index is 14.7. The number of aromatic nitrogens is 2. The third-order valence-electron chi connectivity index (χ3n) is 4.26. The summed E-state index contributed by atoms with van der Waals surface area (Å²) >= 11 is 0. The predicted octanol–water partition coefficient (Wildman–Crippen LogP) is 3.99. The fraction of sp³-hybridized carbons (Fsp3) is 0.474. The number of halogens is 4. The van der Waals surface area contributed by atoms with Gasteiger partial charge in [-0.15, -0.1) is 0 Å². The Morgan fingerprint density at radius 2 is 2.00 bits per heavy atom. The quantitative estimate of drug-likeness (QED) is 0.528. The van der Waals surface area contributed by atoms with Gasteiger partial charge in [0.25, 0.3) is 12.3 Å². The normalized spacial score (nSPS) is 18.2. The molecular weight excluding hydrogens is 410 g/mol. The molecule has 1 saturated heterocycles. The SMILES string of the molecule is CC(C)(C)OC(=O)[C@@H]1CCC(=O)N1c1ccc(-c2noc(C(F)C(F)F)n2)c(F)c1. The van der Waals surface area contributed by atoms with Crippen LogP contribution in [0.25, 0.3) is 11.4 Å². The fourth-order valence-corrected chi connectivity index (χ4v) is 3.00. The Kier molecular flexibility index (Phi) is 5.82. The molecule has 0 spiro atoms. The van der Waals surface area contributed by atoms with E-state index in [0.717, 1.165) is 11.0 Å². The summed E-state index contributed by atoms with van der Waals surface area (Å²) in [7, 11) is 0. The predicted molar refractivity (Wildman–Crippen MR) is 95.9 cm³/mol. The Hall–Kier alpha value is -2.98. The minimum Gasteiger partial charge on any atom is -0.458 e. The Morgan fingerprint density at radius 1 is 1.30 bits per heavy atom. The first-order chi connectivity index (χ1) is 14.0. The van der Waals surface area contributed by atoms with E-state index in [0.29, 0.717) is 0 Å². The van der Waals surface area contributed by atoms with Crippen LogP contribution in [0.3, 0.4) is 0 Å². The molecule has 1 aliphatic rings. The highest BCUT2D eigenvalue weighted by atomic mass is 19.3. The number of hydrogen-bond acceptors (Lipinski definition) is 6. The van der Waals surface area contributed by atoms with Crippen molar-refractivity contribution in [1.29, 1.82) is 0 Å². The lowest BCUT2D eigenvalue weighted by molar-refractivity contribution is -0.156. The van der Waals surface area contributed by atoms with Crippen LogP contribution in [0.1, 0.15) is 45.7 Å². The average molecular weight is 429 g/mol. The van der Waals surface area contributed by atoms with Gasteiger partial charge in [0.2, 0.25) is 17.9 Å². The van der Waals surface area contributed by atoms with Crippen LogP contribution in [0.2, 0.25) is 0 Å². The summed E-state index contributed by atoms with van der Waals surface area (Å²) in [6.07, 6.45) is -5.84. The monoisotopic (exact) mass is 429 g/mol. The highest BCUT2D eigenvalue weighted by Gasteiger charge is 2.40. The number of benzene rings is 1. The van der Waals surface area contributed by atoms with Gasteiger partial charge in [0.1, 0.15) is 17.5 Å². The van der Waals surface area contributed by atoms with Gasteiger partial charge in [0.05, 0.1) is 5.56 Å². The number of esters is 1. The summed E-state index contributed by atoms with van der Waals surface area (Å²) in [5.41, 5.74) is -0.892. The number of carbonyl (C=O) groups excluding carboxylic acids is 2. The zero-order chi connectivity index (χ0) is 22.2. The second-order valence-corrected chi connectivity index (χ2v) is 7.71. The van der Waals surface area contributed by atoms with E-state index in [2.05, 4.69) is 14.7 Å². The van der Waals surface area contributed by atoms with Crippen molar-refractivity contribution in [2.75, 3.05) is 4.90 Å². The highest BCUT2D eigenvalue weighted by Crippen LogP contribution is 2.32. The smallest absolute Gasteiger partial charge is 0.329 e. The number of amides is 1. The molecule has 1 aromatic heterocycles. The highest BCUT2D eigenvalue weighted by molar-refractivity contribution is 6.02. The van der Waals surface area contributed by atoms with E-state index in [1.54, 1.807) is 20.8 Å². The fourth-order valence-electron chi connectivity index (χ4n) is 3.00. The number of alkyl halides is 3. The summed E-state index contributed by atoms with van der Waals surface area (Å²) in [4.78, 5) is 29.4. The molecule has 162 valence electrons. The Balaban J connectivity index is 1.87. The van der Waals surface area contributed by atoms with Crippen LogP contribution in [0.4, 0.5) is 23.2 Å². The first-order valence-electron chi connectivity index (χ1n) is 9.08. The molecule has 2 heterocycles. The van der Waals surface area contributed by atoms with E-state index in [4.69, 9.17) is 4.74 Å². The molecule has 0 aliphatic carbocycles. The zero-order valence-electron chi connectivity index (χ0n) is 16.4. The zero-order valence-corrected chi connectivity index (χ0v) is 16.4. The first-order valence-corrected chi connectivity index (χ1v) is 9.08. The molecule has 0 radical (unpaired) electrons. The molecule has 2 aromatic rings. The van der Waals surface area contributed by atoms with Gasteiger partial charge < -0.3 is 9.26 Å². The average Bonchev–Trinajstić information content (AvgIpc) is 3.26. The van der Waals surface area contributed by atoms with Crippen molar-refractivity contribution in [3.05, 3.63) is 29.9 Å². The molecule has 30 heavy (non-hydrogen) atoms. The molecule has 1 aliphatic heterocycles. The van der Waals surface area contributed by atoms with Crippen molar-refractivity contribution >= 4 is 17.6 Å². The van der Waals surface area contributed by atoms with Crippen molar-refractivity contribution in [1.82, 2.24) is 10.1 Å². The molecule has 0 N–H and O–H groups in total. The Morgan fingerprint density at radius 3 is 2.60 bits per heavy atom. The molecule has 11 heteroatoms. The number of anilines is 1. The van der Waals surface area contributed by atoms with Crippen molar-refractivity contribution in [3.63, 3.8) is 0 Å². The Bertz CT molecular complexity index is 957. The van der Waals surface area contributed by atoms with Crippen LogP contribution in [0.5, 0.6) is 0 Å². The van der Waals surface area contributed by atoms with E-state index in [1.165, 1.54) is 12.1 Å². The summed E-state index contributed by atoms with van der Waals surface area (Å²) in [5.74, 6) is -3.29. The van der Waals surface area contributed by atoms with E-state index in [1.807, 2.05) is 0 Å². The van der Waals surface area contributed by atoms with Gasteiger partial charge >= 0.3 is 5.97 Å². The molecule has 0 saturated carbocycles. The number of rotatable bonds is 5. The van der Waals surface area contributed by atoms with Gasteiger partial charge in [-0.2, -0.15) is 4.98 Å². The van der Waals surface area contributed by atoms with Crippen LogP contribution < -0.4 is 4.90 Å².